The van der Waals surface area contributed by atoms with Gasteiger partial charge in [0.05, 0.1) is 11.1 Å². The third kappa shape index (κ3) is 3.20. The van der Waals surface area contributed by atoms with Crippen LogP contribution in [-0.4, -0.2) is 14.3 Å². The van der Waals surface area contributed by atoms with E-state index in [0.717, 1.165) is 18.2 Å². The second kappa shape index (κ2) is 6.69. The van der Waals surface area contributed by atoms with Crippen LogP contribution in [0.25, 0.3) is 22.0 Å². The first-order valence-corrected chi connectivity index (χ1v) is 8.50. The van der Waals surface area contributed by atoms with Crippen molar-refractivity contribution in [2.24, 2.45) is 14.1 Å². The highest BCUT2D eigenvalue weighted by Gasteiger charge is 2.19. The first-order valence-electron chi connectivity index (χ1n) is 8.50. The van der Waals surface area contributed by atoms with Crippen LogP contribution in [0.4, 0.5) is 18.9 Å². The third-order valence-electron chi connectivity index (χ3n) is 4.46. The number of pyridine rings is 1. The predicted molar refractivity (Wildman–Crippen MR) is 102 cm³/mol. The van der Waals surface area contributed by atoms with E-state index in [1.807, 2.05) is 0 Å². The highest BCUT2D eigenvalue weighted by molar-refractivity contribution is 5.94. The van der Waals surface area contributed by atoms with E-state index < -0.39 is 17.5 Å². The minimum absolute atomic E-state index is 0.0622. The summed E-state index contributed by atoms with van der Waals surface area (Å²) >= 11 is 0. The molecule has 0 unspecified atom stereocenters. The molecule has 148 valence electrons. The van der Waals surface area contributed by atoms with Crippen molar-refractivity contribution in [3.8, 4) is 22.6 Å². The van der Waals surface area contributed by atoms with Crippen molar-refractivity contribution in [1.82, 2.24) is 14.3 Å². The van der Waals surface area contributed by atoms with Crippen molar-refractivity contribution in [1.29, 1.82) is 0 Å². The zero-order valence-corrected chi connectivity index (χ0v) is 15.4. The van der Waals surface area contributed by atoms with E-state index in [1.165, 1.54) is 21.5 Å². The van der Waals surface area contributed by atoms with Gasteiger partial charge in [0.2, 0.25) is 0 Å². The average Bonchev–Trinajstić information content (AvgIpc) is 3.05. The lowest BCUT2D eigenvalue weighted by atomic mass is 10.0. The van der Waals surface area contributed by atoms with Gasteiger partial charge in [0.1, 0.15) is 22.9 Å². The molecule has 0 aliphatic heterocycles. The molecule has 2 N–H and O–H groups in total. The Balaban J connectivity index is 1.97. The summed E-state index contributed by atoms with van der Waals surface area (Å²) in [5, 5.41) is 4.65. The molecule has 0 atom stereocenters. The molecule has 29 heavy (non-hydrogen) atoms. The summed E-state index contributed by atoms with van der Waals surface area (Å²) in [6, 6.07) is 5.11. The summed E-state index contributed by atoms with van der Waals surface area (Å²) < 4.78 is 49.8. The number of benzene rings is 2. The van der Waals surface area contributed by atoms with Crippen LogP contribution < -0.4 is 16.0 Å². The molecule has 0 spiro atoms. The number of ether oxygens (including phenoxy) is 1. The van der Waals surface area contributed by atoms with E-state index >= 15 is 0 Å². The van der Waals surface area contributed by atoms with Crippen molar-refractivity contribution in [2.75, 3.05) is 5.73 Å². The van der Waals surface area contributed by atoms with Gasteiger partial charge in [-0.1, -0.05) is 0 Å². The van der Waals surface area contributed by atoms with Gasteiger partial charge < -0.3 is 15.0 Å². The topological polar surface area (TPSA) is 75.1 Å². The van der Waals surface area contributed by atoms with Crippen molar-refractivity contribution < 1.29 is 17.9 Å². The monoisotopic (exact) mass is 400 g/mol. The van der Waals surface area contributed by atoms with E-state index in [2.05, 4.69) is 5.10 Å². The Morgan fingerprint density at radius 2 is 1.72 bits per heavy atom. The molecule has 0 saturated heterocycles. The van der Waals surface area contributed by atoms with Gasteiger partial charge in [-0.15, -0.1) is 0 Å². The number of hydrogen-bond acceptors (Lipinski definition) is 4. The number of hydrogen-bond donors (Lipinski definition) is 1. The van der Waals surface area contributed by atoms with Crippen LogP contribution >= 0.6 is 0 Å². The third-order valence-corrected chi connectivity index (χ3v) is 4.46. The first kappa shape index (κ1) is 18.6. The van der Waals surface area contributed by atoms with Gasteiger partial charge in [0.15, 0.2) is 11.6 Å². The van der Waals surface area contributed by atoms with E-state index in [1.54, 1.807) is 20.3 Å². The van der Waals surface area contributed by atoms with Gasteiger partial charge in [0.25, 0.3) is 5.56 Å². The van der Waals surface area contributed by atoms with Gasteiger partial charge in [-0.25, -0.2) is 13.2 Å². The number of nitrogen functional groups attached to an aromatic ring is 1. The number of anilines is 1. The molecule has 2 aromatic carbocycles. The van der Waals surface area contributed by atoms with Crippen LogP contribution in [-0.2, 0) is 14.1 Å². The summed E-state index contributed by atoms with van der Waals surface area (Å²) in [6.45, 7) is 0. The summed E-state index contributed by atoms with van der Waals surface area (Å²) in [4.78, 5) is 12.4. The van der Waals surface area contributed by atoms with Crippen LogP contribution in [0.2, 0.25) is 0 Å². The molecule has 4 rings (SSSR count). The maximum absolute atomic E-state index is 14.2. The molecule has 0 aliphatic carbocycles. The molecule has 4 aromatic rings. The molecule has 2 heterocycles. The minimum Gasteiger partial charge on any atom is -0.454 e. The molecule has 0 aliphatic rings. The molecular weight excluding hydrogens is 385 g/mol. The van der Waals surface area contributed by atoms with Crippen LogP contribution in [0.5, 0.6) is 11.5 Å². The van der Waals surface area contributed by atoms with E-state index in [4.69, 9.17) is 10.5 Å². The van der Waals surface area contributed by atoms with Crippen molar-refractivity contribution in [2.45, 2.75) is 0 Å². The first-order chi connectivity index (χ1) is 13.7. The molecule has 2 aromatic heterocycles. The summed E-state index contributed by atoms with van der Waals surface area (Å²) in [6.07, 6.45) is 3.08. The van der Waals surface area contributed by atoms with Crippen LogP contribution in [0.15, 0.2) is 47.5 Å². The SMILES string of the molecule is Cn1cc2c(=O)n(C)cc(-c3cc(N)c(F)cc3Oc3ccc(F)cc3F)c2n1. The number of aryl methyl sites for hydroxylation is 2. The highest BCUT2D eigenvalue weighted by atomic mass is 19.1. The number of nitrogens with two attached hydrogens (primary N) is 1. The summed E-state index contributed by atoms with van der Waals surface area (Å²) in [5.41, 5.74) is 6.40. The Morgan fingerprint density at radius 1 is 0.966 bits per heavy atom. The van der Waals surface area contributed by atoms with Gasteiger partial charge in [-0.2, -0.15) is 5.10 Å². The summed E-state index contributed by atoms with van der Waals surface area (Å²) in [7, 11) is 3.22. The Kier molecular flexibility index (Phi) is 4.30. The molecular formula is C20H15F3N4O2. The Labute approximate surface area is 162 Å². The smallest absolute Gasteiger partial charge is 0.261 e. The van der Waals surface area contributed by atoms with Crippen LogP contribution in [0.3, 0.4) is 0 Å². The predicted octanol–water partition coefficient (Wildman–Crippen LogP) is 3.73. The number of rotatable bonds is 3. The maximum Gasteiger partial charge on any atom is 0.261 e. The average molecular weight is 400 g/mol. The van der Waals surface area contributed by atoms with E-state index in [-0.39, 0.29) is 22.7 Å². The fourth-order valence-electron chi connectivity index (χ4n) is 3.09. The molecule has 0 saturated carbocycles. The second-order valence-electron chi connectivity index (χ2n) is 6.57. The molecule has 0 fully saturated rings. The van der Waals surface area contributed by atoms with Crippen molar-refractivity contribution in [3.05, 3.63) is 70.5 Å². The quantitative estimate of drug-likeness (QED) is 0.532. The van der Waals surface area contributed by atoms with Gasteiger partial charge in [0, 0.05) is 49.7 Å². The second-order valence-corrected chi connectivity index (χ2v) is 6.57. The maximum atomic E-state index is 14.2. The zero-order chi connectivity index (χ0) is 20.9. The fraction of sp³-hybridized carbons (Fsp3) is 0.100. The summed E-state index contributed by atoms with van der Waals surface area (Å²) in [5.74, 6) is -2.84. The number of halogens is 3. The fourth-order valence-corrected chi connectivity index (χ4v) is 3.09. The lowest BCUT2D eigenvalue weighted by Crippen LogP contribution is -2.16. The Bertz CT molecular complexity index is 1330. The van der Waals surface area contributed by atoms with Crippen molar-refractivity contribution >= 4 is 16.6 Å². The van der Waals surface area contributed by atoms with Crippen LogP contribution in [0.1, 0.15) is 0 Å². The molecule has 0 amide bonds. The van der Waals surface area contributed by atoms with E-state index in [9.17, 15) is 18.0 Å². The van der Waals surface area contributed by atoms with Gasteiger partial charge in [-0.05, 0) is 18.2 Å². The molecule has 0 radical (unpaired) electrons. The van der Waals surface area contributed by atoms with Crippen molar-refractivity contribution in [3.63, 3.8) is 0 Å². The number of nitrogens with zero attached hydrogens (tertiary/aromatic N) is 3. The van der Waals surface area contributed by atoms with E-state index in [0.29, 0.717) is 28.1 Å². The molecule has 6 nitrogen and oxygen atoms in total. The molecule has 9 heteroatoms. The van der Waals surface area contributed by atoms with Crippen LogP contribution in [0, 0.1) is 17.5 Å². The number of fused-ring (bicyclic) bond motifs is 1. The largest absolute Gasteiger partial charge is 0.454 e. The lowest BCUT2D eigenvalue weighted by molar-refractivity contribution is 0.436. The van der Waals surface area contributed by atoms with Gasteiger partial charge >= 0.3 is 0 Å². The van der Waals surface area contributed by atoms with Gasteiger partial charge in [-0.3, -0.25) is 9.48 Å². The normalized spacial score (nSPS) is 11.2. The minimum atomic E-state index is -0.948. The number of aromatic nitrogens is 3. The zero-order valence-electron chi connectivity index (χ0n) is 15.4. The Hall–Kier alpha value is -3.75. The highest BCUT2D eigenvalue weighted by Crippen LogP contribution is 2.39. The standard InChI is InChI=1S/C20H15F3N4O2/c1-26-8-12(19-13(20(26)28)9-27(2)25-19)11-6-16(24)14(22)7-18(11)29-17-4-3-10(21)5-15(17)23/h3-9H,24H2,1-2H3. The Morgan fingerprint density at radius 3 is 2.45 bits per heavy atom. The molecule has 0 bridgehead atoms. The lowest BCUT2D eigenvalue weighted by Gasteiger charge is -2.14.